The summed E-state index contributed by atoms with van der Waals surface area (Å²) in [5, 5.41) is 0. The maximum atomic E-state index is 11.5. The van der Waals surface area contributed by atoms with E-state index in [1.165, 1.54) is 12.1 Å². The molecule has 2 N–H and O–H groups in total. The SMILES string of the molecule is Cc1nc(Oc2cccc(S(C)(=O)=O)c2)ncc1CN. The molecule has 1 heterocycles. The highest BCUT2D eigenvalue weighted by atomic mass is 32.2. The molecule has 0 atom stereocenters. The highest BCUT2D eigenvalue weighted by Crippen LogP contribution is 2.22. The van der Waals surface area contributed by atoms with E-state index in [4.69, 9.17) is 10.5 Å². The molecule has 2 aromatic rings. The zero-order valence-corrected chi connectivity index (χ0v) is 12.0. The summed E-state index contributed by atoms with van der Waals surface area (Å²) in [7, 11) is -3.27. The van der Waals surface area contributed by atoms with E-state index in [-0.39, 0.29) is 10.9 Å². The second-order valence-corrected chi connectivity index (χ2v) is 6.33. The van der Waals surface area contributed by atoms with Gasteiger partial charge in [-0.05, 0) is 25.1 Å². The minimum Gasteiger partial charge on any atom is -0.424 e. The summed E-state index contributed by atoms with van der Waals surface area (Å²) in [6, 6.07) is 6.35. The molecule has 0 aliphatic rings. The standard InChI is InChI=1S/C13H15N3O3S/c1-9-10(7-14)8-15-13(16-9)19-11-4-3-5-12(6-11)20(2,17)18/h3-6,8H,7,14H2,1-2H3. The maximum Gasteiger partial charge on any atom is 0.322 e. The molecule has 0 bridgehead atoms. The number of aromatic nitrogens is 2. The molecule has 2 rings (SSSR count). The number of rotatable bonds is 4. The first kappa shape index (κ1) is 14.4. The Morgan fingerprint density at radius 3 is 2.70 bits per heavy atom. The summed E-state index contributed by atoms with van der Waals surface area (Å²) in [5.74, 6) is 0.368. The molecule has 0 spiro atoms. The second kappa shape index (κ2) is 5.56. The van der Waals surface area contributed by atoms with E-state index in [1.807, 2.05) is 6.92 Å². The third-order valence-electron chi connectivity index (χ3n) is 2.72. The second-order valence-electron chi connectivity index (χ2n) is 4.32. The molecule has 0 saturated carbocycles. The van der Waals surface area contributed by atoms with Gasteiger partial charge in [-0.3, -0.25) is 0 Å². The van der Waals surface area contributed by atoms with Gasteiger partial charge in [-0.1, -0.05) is 6.07 Å². The average molecular weight is 293 g/mol. The van der Waals surface area contributed by atoms with Crippen LogP contribution in [0.1, 0.15) is 11.3 Å². The average Bonchev–Trinajstić information content (AvgIpc) is 2.38. The van der Waals surface area contributed by atoms with Gasteiger partial charge in [0.05, 0.1) is 4.90 Å². The third kappa shape index (κ3) is 3.31. The van der Waals surface area contributed by atoms with Crippen molar-refractivity contribution in [2.75, 3.05) is 6.26 Å². The number of nitrogens with two attached hydrogens (primary N) is 1. The Morgan fingerprint density at radius 1 is 1.35 bits per heavy atom. The van der Waals surface area contributed by atoms with Crippen LogP contribution in [0, 0.1) is 6.92 Å². The number of sulfone groups is 1. The van der Waals surface area contributed by atoms with Gasteiger partial charge in [0.25, 0.3) is 0 Å². The number of aryl methyl sites for hydroxylation is 1. The van der Waals surface area contributed by atoms with Crippen LogP contribution in [0.15, 0.2) is 35.4 Å². The Hall–Kier alpha value is -1.99. The van der Waals surface area contributed by atoms with Crippen LogP contribution >= 0.6 is 0 Å². The lowest BCUT2D eigenvalue weighted by Gasteiger charge is -2.07. The van der Waals surface area contributed by atoms with Crippen molar-refractivity contribution in [3.05, 3.63) is 41.7 Å². The summed E-state index contributed by atoms with van der Waals surface area (Å²) in [6.45, 7) is 2.17. The monoisotopic (exact) mass is 293 g/mol. The molecule has 0 amide bonds. The predicted octanol–water partition coefficient (Wildman–Crippen LogP) is 1.44. The van der Waals surface area contributed by atoms with Crippen LogP contribution in [0.2, 0.25) is 0 Å². The topological polar surface area (TPSA) is 95.2 Å². The highest BCUT2D eigenvalue weighted by Gasteiger charge is 2.09. The van der Waals surface area contributed by atoms with Gasteiger partial charge in [-0.2, -0.15) is 4.98 Å². The fraction of sp³-hybridized carbons (Fsp3) is 0.231. The molecule has 0 saturated heterocycles. The normalized spacial score (nSPS) is 11.3. The van der Waals surface area contributed by atoms with Crippen LogP contribution in [0.3, 0.4) is 0 Å². The first-order valence-corrected chi connectivity index (χ1v) is 7.80. The molecule has 1 aromatic carbocycles. The Labute approximate surface area is 117 Å². The van der Waals surface area contributed by atoms with Crippen LogP contribution in [-0.2, 0) is 16.4 Å². The number of ether oxygens (including phenoxy) is 1. The quantitative estimate of drug-likeness (QED) is 0.916. The molecule has 1 aromatic heterocycles. The van der Waals surface area contributed by atoms with Crippen molar-refractivity contribution >= 4 is 9.84 Å². The van der Waals surface area contributed by atoms with E-state index in [1.54, 1.807) is 18.3 Å². The minimum atomic E-state index is -3.27. The van der Waals surface area contributed by atoms with Gasteiger partial charge in [0.2, 0.25) is 0 Å². The zero-order chi connectivity index (χ0) is 14.8. The molecule has 0 aliphatic heterocycles. The van der Waals surface area contributed by atoms with Crippen molar-refractivity contribution in [1.29, 1.82) is 0 Å². The summed E-state index contributed by atoms with van der Waals surface area (Å²) in [4.78, 5) is 8.39. The van der Waals surface area contributed by atoms with Crippen molar-refractivity contribution in [3.63, 3.8) is 0 Å². The van der Waals surface area contributed by atoms with E-state index in [2.05, 4.69) is 9.97 Å². The van der Waals surface area contributed by atoms with Crippen LogP contribution in [-0.4, -0.2) is 24.6 Å². The highest BCUT2D eigenvalue weighted by molar-refractivity contribution is 7.90. The van der Waals surface area contributed by atoms with Crippen molar-refractivity contribution in [3.8, 4) is 11.8 Å². The van der Waals surface area contributed by atoms with E-state index >= 15 is 0 Å². The van der Waals surface area contributed by atoms with Crippen LogP contribution in [0.4, 0.5) is 0 Å². The summed E-state index contributed by atoms with van der Waals surface area (Å²) < 4.78 is 28.4. The Balaban J connectivity index is 2.29. The first-order valence-electron chi connectivity index (χ1n) is 5.90. The molecule has 106 valence electrons. The maximum absolute atomic E-state index is 11.5. The molecule has 6 nitrogen and oxygen atoms in total. The van der Waals surface area contributed by atoms with Gasteiger partial charge in [-0.15, -0.1) is 0 Å². The molecule has 0 aliphatic carbocycles. The number of hydrogen-bond acceptors (Lipinski definition) is 6. The number of hydrogen-bond donors (Lipinski definition) is 1. The summed E-state index contributed by atoms with van der Waals surface area (Å²) in [5.41, 5.74) is 7.10. The van der Waals surface area contributed by atoms with Gasteiger partial charge in [0, 0.05) is 30.3 Å². The molecule has 0 unspecified atom stereocenters. The fourth-order valence-electron chi connectivity index (χ4n) is 1.59. The lowest BCUT2D eigenvalue weighted by molar-refractivity contribution is 0.438. The summed E-state index contributed by atoms with van der Waals surface area (Å²) >= 11 is 0. The van der Waals surface area contributed by atoms with Crippen molar-refractivity contribution in [2.24, 2.45) is 5.73 Å². The van der Waals surface area contributed by atoms with E-state index in [0.29, 0.717) is 12.3 Å². The lowest BCUT2D eigenvalue weighted by atomic mass is 10.2. The van der Waals surface area contributed by atoms with Crippen molar-refractivity contribution in [2.45, 2.75) is 18.4 Å². The molecule has 0 fully saturated rings. The van der Waals surface area contributed by atoms with Crippen molar-refractivity contribution in [1.82, 2.24) is 9.97 Å². The zero-order valence-electron chi connectivity index (χ0n) is 11.2. The third-order valence-corrected chi connectivity index (χ3v) is 3.83. The smallest absolute Gasteiger partial charge is 0.322 e. The molecule has 0 radical (unpaired) electrons. The van der Waals surface area contributed by atoms with Crippen LogP contribution in [0.5, 0.6) is 11.8 Å². The van der Waals surface area contributed by atoms with Gasteiger partial charge in [0.15, 0.2) is 9.84 Å². The van der Waals surface area contributed by atoms with Crippen LogP contribution in [0.25, 0.3) is 0 Å². The number of benzene rings is 1. The number of nitrogens with zero attached hydrogens (tertiary/aromatic N) is 2. The van der Waals surface area contributed by atoms with Gasteiger partial charge in [-0.25, -0.2) is 13.4 Å². The lowest BCUT2D eigenvalue weighted by Crippen LogP contribution is -2.03. The first-order chi connectivity index (χ1) is 9.40. The van der Waals surface area contributed by atoms with E-state index < -0.39 is 9.84 Å². The molecule has 20 heavy (non-hydrogen) atoms. The Kier molecular flexibility index (Phi) is 4.01. The minimum absolute atomic E-state index is 0.158. The Bertz CT molecular complexity index is 729. The van der Waals surface area contributed by atoms with E-state index in [9.17, 15) is 8.42 Å². The Morgan fingerprint density at radius 2 is 2.10 bits per heavy atom. The van der Waals surface area contributed by atoms with E-state index in [0.717, 1.165) is 17.5 Å². The van der Waals surface area contributed by atoms with Gasteiger partial charge in [0.1, 0.15) is 5.75 Å². The van der Waals surface area contributed by atoms with Crippen LogP contribution < -0.4 is 10.5 Å². The summed E-state index contributed by atoms with van der Waals surface area (Å²) in [6.07, 6.45) is 2.74. The van der Waals surface area contributed by atoms with Gasteiger partial charge >= 0.3 is 6.01 Å². The predicted molar refractivity (Wildman–Crippen MR) is 74.3 cm³/mol. The largest absolute Gasteiger partial charge is 0.424 e. The molecular weight excluding hydrogens is 278 g/mol. The van der Waals surface area contributed by atoms with Gasteiger partial charge < -0.3 is 10.5 Å². The fourth-order valence-corrected chi connectivity index (χ4v) is 2.25. The van der Waals surface area contributed by atoms with Crippen molar-refractivity contribution < 1.29 is 13.2 Å². The molecular formula is C13H15N3O3S. The molecule has 7 heteroatoms.